The van der Waals surface area contributed by atoms with Crippen LogP contribution < -0.4 is 15.8 Å². The normalized spacial score (nSPS) is 11.0. The highest BCUT2D eigenvalue weighted by Crippen LogP contribution is 2.13. The van der Waals surface area contributed by atoms with Crippen LogP contribution in [0.3, 0.4) is 0 Å². The lowest BCUT2D eigenvalue weighted by molar-refractivity contribution is 0.597. The molecule has 0 aliphatic heterocycles. The van der Waals surface area contributed by atoms with Crippen molar-refractivity contribution in [3.63, 3.8) is 0 Å². The van der Waals surface area contributed by atoms with E-state index in [1.807, 2.05) is 31.2 Å². The summed E-state index contributed by atoms with van der Waals surface area (Å²) in [6, 6.07) is 14.2. The molecule has 0 saturated carbocycles. The molecule has 0 atom stereocenters. The SMILES string of the molecule is Cc1ccccc1NC(=S)NCc1ccc(S(N)(=O)=O)cc1. The molecule has 0 heterocycles. The number of anilines is 1. The lowest BCUT2D eigenvalue weighted by Crippen LogP contribution is -2.28. The third kappa shape index (κ3) is 4.52. The minimum absolute atomic E-state index is 0.0943. The van der Waals surface area contributed by atoms with Gasteiger partial charge in [-0.15, -0.1) is 0 Å². The Morgan fingerprint density at radius 2 is 1.77 bits per heavy atom. The van der Waals surface area contributed by atoms with Crippen LogP contribution in [0.1, 0.15) is 11.1 Å². The Kier molecular flexibility index (Phi) is 5.12. The largest absolute Gasteiger partial charge is 0.358 e. The topological polar surface area (TPSA) is 84.2 Å². The first-order valence-corrected chi connectivity index (χ1v) is 8.54. The molecule has 2 aromatic carbocycles. The highest BCUT2D eigenvalue weighted by Gasteiger charge is 2.07. The van der Waals surface area contributed by atoms with Gasteiger partial charge in [0.1, 0.15) is 0 Å². The van der Waals surface area contributed by atoms with Crippen molar-refractivity contribution in [2.24, 2.45) is 5.14 Å². The van der Waals surface area contributed by atoms with E-state index < -0.39 is 10.0 Å². The molecular weight excluding hydrogens is 318 g/mol. The first-order chi connectivity index (χ1) is 10.4. The fourth-order valence-corrected chi connectivity index (χ4v) is 2.56. The van der Waals surface area contributed by atoms with E-state index in [9.17, 15) is 8.42 Å². The number of thiocarbonyl (C=S) groups is 1. The smallest absolute Gasteiger partial charge is 0.238 e. The van der Waals surface area contributed by atoms with Crippen molar-refractivity contribution in [3.8, 4) is 0 Å². The average molecular weight is 335 g/mol. The van der Waals surface area contributed by atoms with E-state index >= 15 is 0 Å². The molecule has 0 aliphatic carbocycles. The summed E-state index contributed by atoms with van der Waals surface area (Å²) in [6.07, 6.45) is 0. The van der Waals surface area contributed by atoms with Crippen LogP contribution in [0.5, 0.6) is 0 Å². The number of nitrogens with one attached hydrogen (secondary N) is 2. The minimum Gasteiger partial charge on any atom is -0.358 e. The molecule has 4 N–H and O–H groups in total. The maximum atomic E-state index is 11.2. The molecule has 5 nitrogen and oxygen atoms in total. The van der Waals surface area contributed by atoms with Gasteiger partial charge in [0.2, 0.25) is 10.0 Å². The second-order valence-electron chi connectivity index (χ2n) is 4.81. The summed E-state index contributed by atoms with van der Waals surface area (Å²) in [5, 5.41) is 11.8. The molecule has 0 saturated heterocycles. The summed E-state index contributed by atoms with van der Waals surface area (Å²) in [6.45, 7) is 2.49. The zero-order valence-electron chi connectivity index (χ0n) is 12.0. The van der Waals surface area contributed by atoms with Crippen LogP contribution in [-0.4, -0.2) is 13.5 Å². The van der Waals surface area contributed by atoms with E-state index in [1.165, 1.54) is 12.1 Å². The number of primary sulfonamides is 1. The fraction of sp³-hybridized carbons (Fsp3) is 0.133. The predicted octanol–water partition coefficient (Wildman–Crippen LogP) is 2.13. The molecular formula is C15H17N3O2S2. The van der Waals surface area contributed by atoms with Gasteiger partial charge in [0.15, 0.2) is 5.11 Å². The summed E-state index contributed by atoms with van der Waals surface area (Å²) >= 11 is 5.24. The van der Waals surface area contributed by atoms with Gasteiger partial charge in [-0.3, -0.25) is 0 Å². The lowest BCUT2D eigenvalue weighted by Gasteiger charge is -2.12. The number of aryl methyl sites for hydroxylation is 1. The third-order valence-corrected chi connectivity index (χ3v) is 4.27. The van der Waals surface area contributed by atoms with Gasteiger partial charge in [0.05, 0.1) is 4.90 Å². The van der Waals surface area contributed by atoms with Gasteiger partial charge in [-0.25, -0.2) is 13.6 Å². The van der Waals surface area contributed by atoms with Crippen molar-refractivity contribution in [3.05, 3.63) is 59.7 Å². The Labute approximate surface area is 135 Å². The third-order valence-electron chi connectivity index (χ3n) is 3.10. The van der Waals surface area contributed by atoms with Crippen LogP contribution in [0.15, 0.2) is 53.4 Å². The van der Waals surface area contributed by atoms with Crippen molar-refractivity contribution in [2.45, 2.75) is 18.4 Å². The van der Waals surface area contributed by atoms with Crippen molar-refractivity contribution in [1.29, 1.82) is 0 Å². The Balaban J connectivity index is 1.93. The average Bonchev–Trinajstić information content (AvgIpc) is 2.47. The van der Waals surface area contributed by atoms with Crippen LogP contribution in [-0.2, 0) is 16.6 Å². The summed E-state index contributed by atoms with van der Waals surface area (Å²) in [4.78, 5) is 0.0943. The summed E-state index contributed by atoms with van der Waals surface area (Å²) < 4.78 is 22.4. The second kappa shape index (κ2) is 6.87. The summed E-state index contributed by atoms with van der Waals surface area (Å²) in [5.41, 5.74) is 2.95. The molecule has 0 amide bonds. The molecule has 0 aromatic heterocycles. The maximum absolute atomic E-state index is 11.2. The van der Waals surface area contributed by atoms with Crippen molar-refractivity contribution < 1.29 is 8.42 Å². The Morgan fingerprint density at radius 3 is 2.36 bits per heavy atom. The highest BCUT2D eigenvalue weighted by atomic mass is 32.2. The Hall–Kier alpha value is -1.96. The molecule has 7 heteroatoms. The van der Waals surface area contributed by atoms with Gasteiger partial charge in [-0.2, -0.15) is 0 Å². The van der Waals surface area contributed by atoms with Crippen LogP contribution >= 0.6 is 12.2 Å². The van der Waals surface area contributed by atoms with Crippen molar-refractivity contribution >= 4 is 33.0 Å². The Bertz CT molecular complexity index is 772. The summed E-state index contributed by atoms with van der Waals surface area (Å²) in [7, 11) is -3.65. The molecule has 22 heavy (non-hydrogen) atoms. The van der Waals surface area contributed by atoms with E-state index in [-0.39, 0.29) is 4.90 Å². The monoisotopic (exact) mass is 335 g/mol. The number of hydrogen-bond acceptors (Lipinski definition) is 3. The van der Waals surface area contributed by atoms with Gasteiger partial charge in [-0.05, 0) is 48.5 Å². The first kappa shape index (κ1) is 16.4. The van der Waals surface area contributed by atoms with Crippen LogP contribution in [0.2, 0.25) is 0 Å². The summed E-state index contributed by atoms with van der Waals surface area (Å²) in [5.74, 6) is 0. The number of rotatable bonds is 4. The number of hydrogen-bond donors (Lipinski definition) is 3. The van der Waals surface area contributed by atoms with Gasteiger partial charge in [-0.1, -0.05) is 30.3 Å². The molecule has 116 valence electrons. The predicted molar refractivity (Wildman–Crippen MR) is 92.1 cm³/mol. The van der Waals surface area contributed by atoms with E-state index in [0.29, 0.717) is 11.7 Å². The lowest BCUT2D eigenvalue weighted by atomic mass is 10.2. The van der Waals surface area contributed by atoms with Crippen molar-refractivity contribution in [1.82, 2.24) is 5.32 Å². The molecule has 0 fully saturated rings. The molecule has 0 bridgehead atoms. The zero-order valence-corrected chi connectivity index (χ0v) is 13.7. The number of sulfonamides is 1. The van der Waals surface area contributed by atoms with Crippen LogP contribution in [0.25, 0.3) is 0 Å². The van der Waals surface area contributed by atoms with Crippen LogP contribution in [0.4, 0.5) is 5.69 Å². The van der Waals surface area contributed by atoms with Gasteiger partial charge in [0, 0.05) is 12.2 Å². The van der Waals surface area contributed by atoms with Gasteiger partial charge in [0.25, 0.3) is 0 Å². The second-order valence-corrected chi connectivity index (χ2v) is 6.78. The van der Waals surface area contributed by atoms with Gasteiger partial charge < -0.3 is 10.6 Å². The molecule has 2 rings (SSSR count). The fourth-order valence-electron chi connectivity index (χ4n) is 1.86. The number of nitrogens with two attached hydrogens (primary N) is 1. The van der Waals surface area contributed by atoms with E-state index in [0.717, 1.165) is 16.8 Å². The first-order valence-electron chi connectivity index (χ1n) is 6.58. The van der Waals surface area contributed by atoms with Crippen molar-refractivity contribution in [2.75, 3.05) is 5.32 Å². The van der Waals surface area contributed by atoms with E-state index in [1.54, 1.807) is 12.1 Å². The van der Waals surface area contributed by atoms with E-state index in [2.05, 4.69) is 10.6 Å². The molecule has 0 unspecified atom stereocenters. The molecule has 0 aliphatic rings. The number of benzene rings is 2. The quantitative estimate of drug-likeness (QED) is 0.746. The molecule has 2 aromatic rings. The molecule has 0 spiro atoms. The standard InChI is InChI=1S/C15H17N3O2S2/c1-11-4-2-3-5-14(11)18-15(21)17-10-12-6-8-13(9-7-12)22(16,19)20/h2-9H,10H2,1H3,(H2,16,19,20)(H2,17,18,21). The van der Waals surface area contributed by atoms with E-state index in [4.69, 9.17) is 17.4 Å². The maximum Gasteiger partial charge on any atom is 0.238 e. The Morgan fingerprint density at radius 1 is 1.14 bits per heavy atom. The zero-order chi connectivity index (χ0) is 16.2. The van der Waals surface area contributed by atoms with Gasteiger partial charge >= 0.3 is 0 Å². The minimum atomic E-state index is -3.65. The molecule has 0 radical (unpaired) electrons. The highest BCUT2D eigenvalue weighted by molar-refractivity contribution is 7.89. The number of para-hydroxylation sites is 1. The van der Waals surface area contributed by atoms with Crippen LogP contribution in [0, 0.1) is 6.92 Å².